The van der Waals surface area contributed by atoms with Crippen LogP contribution in [0.2, 0.25) is 0 Å². The second-order valence-corrected chi connectivity index (χ2v) is 9.39. The lowest BCUT2D eigenvalue weighted by Crippen LogP contribution is -2.33. The minimum absolute atomic E-state index is 0.124. The summed E-state index contributed by atoms with van der Waals surface area (Å²) < 4.78 is 34.9. The van der Waals surface area contributed by atoms with Crippen molar-refractivity contribution in [1.29, 1.82) is 0 Å². The number of benzene rings is 2. The van der Waals surface area contributed by atoms with E-state index in [1.807, 2.05) is 55.1 Å². The van der Waals surface area contributed by atoms with Crippen molar-refractivity contribution >= 4 is 18.5 Å². The number of hydrogen-bond donors (Lipinski definition) is 2. The van der Waals surface area contributed by atoms with Crippen LogP contribution in [0, 0.1) is 31.4 Å². The molecule has 5 rings (SSSR count). The molecule has 252 valence electrons. The van der Waals surface area contributed by atoms with E-state index >= 15 is 0 Å². The van der Waals surface area contributed by atoms with E-state index in [1.54, 1.807) is 38.7 Å². The smallest absolute Gasteiger partial charge is 0.207 e. The molecule has 2 N–H and O–H groups in total. The number of aromatic nitrogens is 3. The maximum absolute atomic E-state index is 11.9. The van der Waals surface area contributed by atoms with Gasteiger partial charge in [-0.15, -0.1) is 12.8 Å². The first-order chi connectivity index (χ1) is 22.8. The molecule has 11 nitrogen and oxygen atoms in total. The fourth-order valence-electron chi connectivity index (χ4n) is 4.01. The number of pyridine rings is 1. The first-order valence-corrected chi connectivity index (χ1v) is 14.3. The maximum Gasteiger partial charge on any atom is 0.207 e. The number of anilines is 1. The lowest BCUT2D eigenvalue weighted by atomic mass is 10.1. The highest BCUT2D eigenvalue weighted by Crippen LogP contribution is 2.30. The Labute approximate surface area is 274 Å². The summed E-state index contributed by atoms with van der Waals surface area (Å²) in [4.78, 5) is 30.3. The first kappa shape index (κ1) is 40.0. The Bertz CT molecular complexity index is 1470. The van der Waals surface area contributed by atoms with Gasteiger partial charge in [0.25, 0.3) is 0 Å². The molecule has 47 heavy (non-hydrogen) atoms. The molecule has 0 saturated carbocycles. The highest BCUT2D eigenvalue weighted by Gasteiger charge is 2.22. The van der Waals surface area contributed by atoms with Gasteiger partial charge in [-0.3, -0.25) is 19.4 Å². The predicted octanol–water partition coefficient (Wildman–Crippen LogP) is 4.57. The lowest BCUT2D eigenvalue weighted by molar-refractivity contribution is -0.118. The van der Waals surface area contributed by atoms with Gasteiger partial charge in [-0.1, -0.05) is 30.3 Å². The van der Waals surface area contributed by atoms with Crippen LogP contribution in [0.5, 0.6) is 0 Å². The van der Waals surface area contributed by atoms with Crippen LogP contribution in [0.15, 0.2) is 72.9 Å². The van der Waals surface area contributed by atoms with Crippen molar-refractivity contribution in [3.63, 3.8) is 0 Å². The molecule has 0 radical (unpaired) electrons. The van der Waals surface area contributed by atoms with Crippen LogP contribution in [0.25, 0.3) is 16.9 Å². The lowest BCUT2D eigenvalue weighted by Gasteiger charge is -2.12. The Morgan fingerprint density at radius 3 is 2.17 bits per heavy atom. The number of nitrogens with zero attached hydrogens (tertiary/aromatic N) is 4. The van der Waals surface area contributed by atoms with Crippen molar-refractivity contribution in [2.24, 2.45) is 0 Å². The topological polar surface area (TPSA) is 120 Å². The number of rotatable bonds is 9. The molecule has 1 aliphatic rings. The Hall–Kier alpha value is -5.00. The molecule has 2 aromatic heterocycles. The highest BCUT2D eigenvalue weighted by atomic mass is 19.2. The molecular weight excluding hydrogens is 610 g/mol. The van der Waals surface area contributed by atoms with Crippen LogP contribution in [-0.2, 0) is 19.1 Å². The molecule has 0 unspecified atom stereocenters. The molecule has 0 aliphatic carbocycles. The fraction of sp³-hybridized carbons (Fsp3) is 0.294. The van der Waals surface area contributed by atoms with Crippen LogP contribution < -0.4 is 10.6 Å². The molecule has 2 aromatic carbocycles. The van der Waals surface area contributed by atoms with Crippen LogP contribution >= 0.6 is 0 Å². The fourth-order valence-corrected chi connectivity index (χ4v) is 4.01. The van der Waals surface area contributed by atoms with Gasteiger partial charge >= 0.3 is 0 Å². The predicted molar refractivity (Wildman–Crippen MR) is 178 cm³/mol. The molecule has 4 aromatic rings. The number of hydroxylamine groups is 2. The number of para-hydroxylation sites is 1. The van der Waals surface area contributed by atoms with Gasteiger partial charge in [-0.2, -0.15) is 10.2 Å². The zero-order valence-electron chi connectivity index (χ0n) is 27.2. The van der Waals surface area contributed by atoms with E-state index in [2.05, 4.69) is 33.2 Å². The van der Waals surface area contributed by atoms with Crippen LogP contribution in [0.1, 0.15) is 16.1 Å². The van der Waals surface area contributed by atoms with Gasteiger partial charge in [0.2, 0.25) is 6.41 Å². The molecule has 1 atom stereocenters. The van der Waals surface area contributed by atoms with Crippen molar-refractivity contribution in [2.45, 2.75) is 13.0 Å². The first-order valence-electron chi connectivity index (χ1n) is 14.3. The van der Waals surface area contributed by atoms with Gasteiger partial charge in [-0.05, 0) is 43.3 Å². The van der Waals surface area contributed by atoms with Gasteiger partial charge in [0.15, 0.2) is 17.9 Å². The summed E-state index contributed by atoms with van der Waals surface area (Å²) in [5.41, 5.74) is 4.11. The van der Waals surface area contributed by atoms with E-state index in [0.29, 0.717) is 25.3 Å². The summed E-state index contributed by atoms with van der Waals surface area (Å²) in [6.45, 7) is 4.69. The number of ether oxygens (including phenoxy) is 2. The molecule has 1 saturated heterocycles. The largest absolute Gasteiger partial charge is 0.388 e. The minimum atomic E-state index is -0.799. The average molecular weight is 653 g/mol. The normalized spacial score (nSPS) is 13.1. The van der Waals surface area contributed by atoms with Gasteiger partial charge in [0.1, 0.15) is 11.5 Å². The number of terminal acetylenes is 1. The van der Waals surface area contributed by atoms with Crippen LogP contribution in [-0.4, -0.2) is 93.2 Å². The van der Waals surface area contributed by atoms with Crippen molar-refractivity contribution < 1.29 is 32.7 Å². The molecule has 0 spiro atoms. The standard InChI is InChI=1S/C17H16N4O.C7H14N2O3.C6H4F2.C2H6O.C2H2/c1-12-16(13-8-9-19-14(10-13)11-22)20-21(17(12)18-2)15-6-4-3-5-7-15;1-11-3-2-9-4-7(5-12-9)8-6-10;7-5-3-1-2-4-6(5)8;1-3-2;1-2/h3-11,18H,1-2H3;6-7H,2-5H2,1H3,(H,8,10);1-4H;1-2H3;1-2H/t;7-;;;/m.1.../s1. The monoisotopic (exact) mass is 652 g/mol. The van der Waals surface area contributed by atoms with E-state index in [9.17, 15) is 18.4 Å². The molecular formula is C34H42F2N6O5. The summed E-state index contributed by atoms with van der Waals surface area (Å²) in [5.74, 6) is -0.675. The second kappa shape index (κ2) is 23.4. The number of methoxy groups -OCH3 is 2. The number of hydrogen-bond acceptors (Lipinski definition) is 9. The number of aldehydes is 1. The molecule has 0 bridgehead atoms. The quantitative estimate of drug-likeness (QED) is 0.198. The minimum Gasteiger partial charge on any atom is -0.388 e. The van der Waals surface area contributed by atoms with Crippen molar-refractivity contribution in [3.8, 4) is 29.8 Å². The second-order valence-electron chi connectivity index (χ2n) is 9.39. The van der Waals surface area contributed by atoms with Crippen LogP contribution in [0.4, 0.5) is 14.6 Å². The van der Waals surface area contributed by atoms with E-state index in [4.69, 9.17) is 14.7 Å². The van der Waals surface area contributed by atoms with E-state index in [0.717, 1.165) is 59.8 Å². The van der Waals surface area contributed by atoms with Crippen molar-refractivity contribution in [1.82, 2.24) is 25.1 Å². The van der Waals surface area contributed by atoms with E-state index < -0.39 is 11.6 Å². The van der Waals surface area contributed by atoms with E-state index in [1.165, 1.54) is 12.1 Å². The number of amides is 1. The molecule has 1 fully saturated rings. The third-order valence-corrected chi connectivity index (χ3v) is 6.09. The average Bonchev–Trinajstić information content (AvgIpc) is 3.70. The maximum atomic E-state index is 11.9. The van der Waals surface area contributed by atoms with Gasteiger partial charge < -0.3 is 20.1 Å². The number of carbonyl (C=O) groups excluding carboxylic acids is 2. The SMILES string of the molecule is C#C.CNc1c(C)c(-c2ccnc(C=O)c2)nn1-c1ccccc1.COC.COCCN1C[C@@H](NC=O)CO1.Fc1ccccc1F. The third-order valence-electron chi connectivity index (χ3n) is 6.09. The summed E-state index contributed by atoms with van der Waals surface area (Å²) in [5, 5.41) is 12.4. The number of carbonyl (C=O) groups is 2. The molecule has 3 heterocycles. The van der Waals surface area contributed by atoms with Gasteiger partial charge in [0, 0.05) is 58.8 Å². The number of nitrogens with one attached hydrogen (secondary N) is 2. The zero-order valence-corrected chi connectivity index (χ0v) is 27.2. The van der Waals surface area contributed by atoms with Crippen LogP contribution in [0.3, 0.4) is 0 Å². The van der Waals surface area contributed by atoms with Gasteiger partial charge in [0.05, 0.1) is 30.6 Å². The summed E-state index contributed by atoms with van der Waals surface area (Å²) in [7, 11) is 6.77. The summed E-state index contributed by atoms with van der Waals surface area (Å²) >= 11 is 0. The summed E-state index contributed by atoms with van der Waals surface area (Å²) in [6.07, 6.45) is 11.1. The zero-order chi connectivity index (χ0) is 35.0. The van der Waals surface area contributed by atoms with Crippen molar-refractivity contribution in [3.05, 3.63) is 95.8 Å². The van der Waals surface area contributed by atoms with Crippen molar-refractivity contribution in [2.75, 3.05) is 60.0 Å². The van der Waals surface area contributed by atoms with Gasteiger partial charge in [-0.25, -0.2) is 13.5 Å². The Kier molecular flexibility index (Phi) is 19.9. The third kappa shape index (κ3) is 13.5. The molecule has 1 amide bonds. The Balaban J connectivity index is 0.000000370. The Morgan fingerprint density at radius 2 is 1.64 bits per heavy atom. The summed E-state index contributed by atoms with van der Waals surface area (Å²) in [6, 6.07) is 18.7. The highest BCUT2D eigenvalue weighted by molar-refractivity contribution is 5.77. The molecule has 1 aliphatic heterocycles. The van der Waals surface area contributed by atoms with E-state index in [-0.39, 0.29) is 6.04 Å². The number of halogens is 2. The molecule has 13 heteroatoms. The Morgan fingerprint density at radius 1 is 1.02 bits per heavy atom.